The van der Waals surface area contributed by atoms with Crippen molar-refractivity contribution in [2.75, 3.05) is 26.2 Å². The molecule has 6 nitrogen and oxygen atoms in total. The molecule has 42 heavy (non-hydrogen) atoms. The first-order chi connectivity index (χ1) is 20.3. The van der Waals surface area contributed by atoms with Crippen LogP contribution in [0.3, 0.4) is 0 Å². The zero-order chi connectivity index (χ0) is 30.3. The highest BCUT2D eigenvalue weighted by molar-refractivity contribution is 6.32. The van der Waals surface area contributed by atoms with Crippen LogP contribution >= 0.6 is 11.6 Å². The molecular formula is C35H42ClN3O3. The molecule has 3 rings (SSSR count). The highest BCUT2D eigenvalue weighted by Gasteiger charge is 2.23. The van der Waals surface area contributed by atoms with Crippen molar-refractivity contribution in [3.8, 4) is 5.75 Å². The second-order valence-electron chi connectivity index (χ2n) is 10.2. The molecule has 0 bridgehead atoms. The van der Waals surface area contributed by atoms with Gasteiger partial charge < -0.3 is 20.1 Å². The number of rotatable bonds is 15. The summed E-state index contributed by atoms with van der Waals surface area (Å²) < 4.78 is 5.70. The number of nitrogens with zero attached hydrogens (tertiary/aromatic N) is 1. The normalized spacial score (nSPS) is 14.5. The van der Waals surface area contributed by atoms with Crippen molar-refractivity contribution in [3.63, 3.8) is 0 Å². The van der Waals surface area contributed by atoms with Crippen molar-refractivity contribution in [3.05, 3.63) is 138 Å². The molecule has 7 heteroatoms. The zero-order valence-corrected chi connectivity index (χ0v) is 25.0. The van der Waals surface area contributed by atoms with Gasteiger partial charge in [-0.1, -0.05) is 98.6 Å². The van der Waals surface area contributed by atoms with Crippen LogP contribution in [0.5, 0.6) is 5.75 Å². The summed E-state index contributed by atoms with van der Waals surface area (Å²) in [5, 5.41) is 16.3. The fourth-order valence-electron chi connectivity index (χ4n) is 4.65. The maximum absolute atomic E-state index is 12.6. The Kier molecular flexibility index (Phi) is 13.4. The number of alkyl carbamates (subject to hydrolysis) is 1. The van der Waals surface area contributed by atoms with Gasteiger partial charge >= 0.3 is 6.09 Å². The second-order valence-corrected chi connectivity index (χ2v) is 10.6. The van der Waals surface area contributed by atoms with Crippen molar-refractivity contribution in [1.29, 1.82) is 0 Å². The van der Waals surface area contributed by atoms with E-state index in [4.69, 9.17) is 16.3 Å². The number of ether oxygens (including phenoxy) is 1. The lowest BCUT2D eigenvalue weighted by Crippen LogP contribution is -2.40. The van der Waals surface area contributed by atoms with Crippen molar-refractivity contribution in [1.82, 2.24) is 15.5 Å². The molecular weight excluding hydrogens is 546 g/mol. The van der Waals surface area contributed by atoms with Crippen molar-refractivity contribution >= 4 is 17.7 Å². The monoisotopic (exact) mass is 587 g/mol. The SMILES string of the molecule is C=C/C=C\C(=C)C(=C)/C(=C\C=C)NC(=O)OC1CCN(CCc2ccc(CCNCc3cccc(O)c3Cl)cc2)CC1. The molecule has 0 aliphatic carbocycles. The molecule has 2 aromatic rings. The molecule has 0 saturated carbocycles. The largest absolute Gasteiger partial charge is 0.506 e. The quantitative estimate of drug-likeness (QED) is 0.154. The number of carbonyl (C=O) groups is 1. The maximum Gasteiger partial charge on any atom is 0.411 e. The van der Waals surface area contributed by atoms with E-state index in [2.05, 4.69) is 66.1 Å². The Morgan fingerprint density at radius 1 is 1.05 bits per heavy atom. The fraction of sp³-hybridized carbons (Fsp3) is 0.286. The Morgan fingerprint density at radius 3 is 2.40 bits per heavy atom. The van der Waals surface area contributed by atoms with E-state index in [0.717, 1.165) is 57.4 Å². The molecule has 0 aromatic heterocycles. The molecule has 0 unspecified atom stereocenters. The highest BCUT2D eigenvalue weighted by Crippen LogP contribution is 2.26. The Morgan fingerprint density at radius 2 is 1.74 bits per heavy atom. The molecule has 1 aliphatic rings. The summed E-state index contributed by atoms with van der Waals surface area (Å²) >= 11 is 6.15. The Labute approximate surface area is 255 Å². The summed E-state index contributed by atoms with van der Waals surface area (Å²) in [4.78, 5) is 15.0. The van der Waals surface area contributed by atoms with E-state index in [1.807, 2.05) is 6.07 Å². The average Bonchev–Trinajstić information content (AvgIpc) is 2.99. The lowest BCUT2D eigenvalue weighted by atomic mass is 10.0. The number of carbonyl (C=O) groups excluding carboxylic acids is 1. The summed E-state index contributed by atoms with van der Waals surface area (Å²) in [6.45, 7) is 19.6. The minimum absolute atomic E-state index is 0.112. The molecule has 1 amide bonds. The number of aromatic hydroxyl groups is 1. The Balaban J connectivity index is 1.34. The van der Waals surface area contributed by atoms with Gasteiger partial charge in [0, 0.05) is 26.2 Å². The molecule has 222 valence electrons. The van der Waals surface area contributed by atoms with Crippen LogP contribution in [0.1, 0.15) is 29.5 Å². The number of amides is 1. The fourth-order valence-corrected chi connectivity index (χ4v) is 4.85. The molecule has 3 N–H and O–H groups in total. The molecule has 0 radical (unpaired) electrons. The molecule has 1 fully saturated rings. The van der Waals surface area contributed by atoms with Gasteiger partial charge in [0.05, 0.1) is 10.7 Å². The minimum Gasteiger partial charge on any atom is -0.506 e. The summed E-state index contributed by atoms with van der Waals surface area (Å²) in [5.74, 6) is 0.112. The summed E-state index contributed by atoms with van der Waals surface area (Å²) in [6.07, 6.45) is 11.3. The molecule has 1 heterocycles. The zero-order valence-electron chi connectivity index (χ0n) is 24.3. The predicted octanol–water partition coefficient (Wildman–Crippen LogP) is 7.04. The second kappa shape index (κ2) is 17.2. The van der Waals surface area contributed by atoms with Crippen LogP contribution < -0.4 is 10.6 Å². The number of phenolic OH excluding ortho intramolecular Hbond substituents is 1. The highest BCUT2D eigenvalue weighted by atomic mass is 35.5. The van der Waals surface area contributed by atoms with Gasteiger partial charge in [-0.3, -0.25) is 5.32 Å². The number of benzene rings is 2. The van der Waals surface area contributed by atoms with Gasteiger partial charge in [-0.05, 0) is 72.2 Å². The van der Waals surface area contributed by atoms with Crippen LogP contribution in [0.15, 0.2) is 116 Å². The van der Waals surface area contributed by atoms with Crippen molar-refractivity contribution in [2.24, 2.45) is 0 Å². The summed E-state index contributed by atoms with van der Waals surface area (Å²) in [6, 6.07) is 14.1. The van der Waals surface area contributed by atoms with Gasteiger partial charge in [-0.25, -0.2) is 4.79 Å². The number of allylic oxidation sites excluding steroid dienone is 6. The van der Waals surface area contributed by atoms with Gasteiger partial charge in [0.15, 0.2) is 0 Å². The average molecular weight is 588 g/mol. The molecule has 0 spiro atoms. The van der Waals surface area contributed by atoms with E-state index in [0.29, 0.717) is 28.4 Å². The minimum atomic E-state index is -0.498. The number of halogens is 1. The van der Waals surface area contributed by atoms with Crippen LogP contribution in [0.25, 0.3) is 0 Å². The first kappa shape index (κ1) is 32.7. The smallest absolute Gasteiger partial charge is 0.411 e. The number of nitrogens with one attached hydrogen (secondary N) is 2. The van der Waals surface area contributed by atoms with Gasteiger partial charge in [0.1, 0.15) is 11.9 Å². The van der Waals surface area contributed by atoms with Gasteiger partial charge in [0.2, 0.25) is 0 Å². The van der Waals surface area contributed by atoms with E-state index >= 15 is 0 Å². The molecule has 1 aliphatic heterocycles. The van der Waals surface area contributed by atoms with Crippen molar-refractivity contribution in [2.45, 2.75) is 38.3 Å². The van der Waals surface area contributed by atoms with Crippen LogP contribution in [0, 0.1) is 0 Å². The van der Waals surface area contributed by atoms with Crippen LogP contribution in [-0.2, 0) is 24.1 Å². The predicted molar refractivity (Wildman–Crippen MR) is 174 cm³/mol. The third-order valence-corrected chi connectivity index (χ3v) is 7.62. The van der Waals surface area contributed by atoms with E-state index in [1.165, 1.54) is 11.1 Å². The van der Waals surface area contributed by atoms with Crippen LogP contribution in [-0.4, -0.2) is 48.4 Å². The number of piperidine rings is 1. The number of phenols is 1. The van der Waals surface area contributed by atoms with E-state index in [1.54, 1.807) is 42.5 Å². The van der Waals surface area contributed by atoms with E-state index < -0.39 is 6.09 Å². The summed E-state index contributed by atoms with van der Waals surface area (Å²) in [7, 11) is 0. The number of hydrogen-bond acceptors (Lipinski definition) is 5. The third-order valence-electron chi connectivity index (χ3n) is 7.18. The van der Waals surface area contributed by atoms with Crippen LogP contribution in [0.2, 0.25) is 5.02 Å². The number of likely N-dealkylation sites (tertiary alicyclic amines) is 1. The molecule has 0 atom stereocenters. The first-order valence-electron chi connectivity index (χ1n) is 14.3. The Bertz CT molecular complexity index is 1310. The Hall–Kier alpha value is -3.84. The lowest BCUT2D eigenvalue weighted by Gasteiger charge is -2.31. The van der Waals surface area contributed by atoms with E-state index in [-0.39, 0.29) is 11.9 Å². The summed E-state index contributed by atoms with van der Waals surface area (Å²) in [5.41, 5.74) is 5.22. The number of hydrogen-bond donors (Lipinski definition) is 3. The van der Waals surface area contributed by atoms with Gasteiger partial charge in [-0.2, -0.15) is 0 Å². The molecule has 1 saturated heterocycles. The van der Waals surface area contributed by atoms with Gasteiger partial charge in [0.25, 0.3) is 0 Å². The first-order valence-corrected chi connectivity index (χ1v) is 14.6. The topological polar surface area (TPSA) is 73.8 Å². The molecule has 2 aromatic carbocycles. The van der Waals surface area contributed by atoms with Crippen molar-refractivity contribution < 1.29 is 14.6 Å². The van der Waals surface area contributed by atoms with Gasteiger partial charge in [-0.15, -0.1) is 0 Å². The maximum atomic E-state index is 12.6. The van der Waals surface area contributed by atoms with E-state index in [9.17, 15) is 9.90 Å². The third kappa shape index (κ3) is 10.5. The van der Waals surface area contributed by atoms with Crippen LogP contribution in [0.4, 0.5) is 4.79 Å². The standard InChI is InChI=1S/C35H42ClN3O3/c1-5-7-10-26(3)27(4)32(9-6-2)38-35(41)42-31-19-23-39(24-20-31)22-18-29-15-13-28(14-16-29)17-21-37-25-30-11-8-12-33(40)34(30)36/h5-16,31,37,40H,1-4,17-25H2,(H,38,41)/b10-7-,32-9+. The lowest BCUT2D eigenvalue weighted by molar-refractivity contribution is 0.0527.